The van der Waals surface area contributed by atoms with Crippen LogP contribution in [0.25, 0.3) is 21.0 Å². The SMILES string of the molecule is [C-]#[N+]/C(C#N)=c1/cc(Oc2ccc(C)cc2)/c(=C(\C#N)c2c(F)c(F)c([N+]#[C-])c(F)c2F)cc1Oc1ccc(C)cc1. The molecule has 42 heavy (non-hydrogen) atoms. The average molecular weight is 564 g/mol. The van der Waals surface area contributed by atoms with E-state index in [1.165, 1.54) is 0 Å². The number of rotatable bonds is 5. The molecule has 4 aromatic rings. The molecule has 0 aliphatic carbocycles. The monoisotopic (exact) mass is 564 g/mol. The second-order valence-electron chi connectivity index (χ2n) is 8.83. The molecule has 0 saturated carbocycles. The van der Waals surface area contributed by atoms with Crippen LogP contribution < -0.4 is 19.9 Å². The van der Waals surface area contributed by atoms with E-state index in [-0.39, 0.29) is 33.4 Å². The molecule has 6 nitrogen and oxygen atoms in total. The van der Waals surface area contributed by atoms with E-state index in [1.807, 2.05) is 13.8 Å². The Morgan fingerprint density at radius 3 is 1.55 bits per heavy atom. The third kappa shape index (κ3) is 5.47. The third-order valence-corrected chi connectivity index (χ3v) is 6.04. The molecule has 0 radical (unpaired) electrons. The summed E-state index contributed by atoms with van der Waals surface area (Å²) in [6.07, 6.45) is 0. The molecule has 0 N–H and O–H groups in total. The van der Waals surface area contributed by atoms with Gasteiger partial charge < -0.3 is 9.47 Å². The highest BCUT2D eigenvalue weighted by molar-refractivity contribution is 5.80. The summed E-state index contributed by atoms with van der Waals surface area (Å²) in [7, 11) is 0. The van der Waals surface area contributed by atoms with Crippen LogP contribution >= 0.6 is 0 Å². The molecule has 10 heteroatoms. The Labute approximate surface area is 237 Å². The highest BCUT2D eigenvalue weighted by Crippen LogP contribution is 2.34. The Bertz CT molecular complexity index is 1980. The lowest BCUT2D eigenvalue weighted by molar-refractivity contribution is 0.455. The first kappa shape index (κ1) is 28.9. The summed E-state index contributed by atoms with van der Waals surface area (Å²) in [6.45, 7) is 18.0. The fourth-order valence-electron chi connectivity index (χ4n) is 3.91. The molecule has 4 aromatic carbocycles. The normalized spacial score (nSPS) is 11.8. The second kappa shape index (κ2) is 12.0. The van der Waals surface area contributed by atoms with E-state index < -0.39 is 45.8 Å². The Hall–Kier alpha value is -6.10. The summed E-state index contributed by atoms with van der Waals surface area (Å²) in [5, 5.41) is 19.3. The van der Waals surface area contributed by atoms with Crippen LogP contribution in [0.15, 0.2) is 60.7 Å². The minimum Gasteiger partial charge on any atom is -0.458 e. The molecule has 0 atom stereocenters. The van der Waals surface area contributed by atoms with Crippen molar-refractivity contribution in [3.8, 4) is 35.1 Å². The fraction of sp³-hybridized carbons (Fsp3) is 0.0625. The van der Waals surface area contributed by atoms with Crippen LogP contribution in [0.4, 0.5) is 23.2 Å². The fourth-order valence-corrected chi connectivity index (χ4v) is 3.91. The standard InChI is InChI=1S/C32H16F4N4O2/c1-17-5-9-19(10-6-17)41-25-14-22(24(16-38)39-3)26(42-20-11-7-18(2)8-12-20)13-21(25)23(15-37)27-28(33)30(35)32(40-4)31(36)29(27)34/h5-14H,1-2H3/b23-21+,24-22-. The van der Waals surface area contributed by atoms with E-state index in [9.17, 15) is 19.3 Å². The smallest absolute Gasteiger partial charge is 0.272 e. The number of benzene rings is 4. The molecule has 0 amide bonds. The van der Waals surface area contributed by atoms with E-state index in [0.717, 1.165) is 23.3 Å². The summed E-state index contributed by atoms with van der Waals surface area (Å²) in [5.41, 5.74) is -2.45. The summed E-state index contributed by atoms with van der Waals surface area (Å²) in [5.74, 6) is -7.92. The first-order chi connectivity index (χ1) is 20.1. The summed E-state index contributed by atoms with van der Waals surface area (Å²) < 4.78 is 71.4. The lowest BCUT2D eigenvalue weighted by Gasteiger charge is -2.14. The zero-order chi connectivity index (χ0) is 30.6. The summed E-state index contributed by atoms with van der Waals surface area (Å²) in [4.78, 5) is 5.74. The zero-order valence-corrected chi connectivity index (χ0v) is 21.9. The lowest BCUT2D eigenvalue weighted by atomic mass is 10.00. The van der Waals surface area contributed by atoms with Gasteiger partial charge in [0.2, 0.25) is 0 Å². The molecule has 204 valence electrons. The van der Waals surface area contributed by atoms with Crippen molar-refractivity contribution in [2.75, 3.05) is 0 Å². The van der Waals surface area contributed by atoms with Crippen molar-refractivity contribution in [3.63, 3.8) is 0 Å². The molecule has 0 spiro atoms. The van der Waals surface area contributed by atoms with E-state index in [0.29, 0.717) is 0 Å². The molecular weight excluding hydrogens is 548 g/mol. The van der Waals surface area contributed by atoms with Gasteiger partial charge in [-0.1, -0.05) is 35.4 Å². The van der Waals surface area contributed by atoms with Gasteiger partial charge in [0.15, 0.2) is 23.3 Å². The third-order valence-electron chi connectivity index (χ3n) is 6.04. The molecular formula is C32H16F4N4O2. The summed E-state index contributed by atoms with van der Waals surface area (Å²) >= 11 is 0. The van der Waals surface area contributed by atoms with Crippen molar-refractivity contribution < 1.29 is 27.0 Å². The quantitative estimate of drug-likeness (QED) is 0.145. The van der Waals surface area contributed by atoms with Crippen LogP contribution in [-0.2, 0) is 0 Å². The van der Waals surface area contributed by atoms with Gasteiger partial charge in [0, 0.05) is 10.4 Å². The van der Waals surface area contributed by atoms with Gasteiger partial charge in [-0.3, -0.25) is 0 Å². The van der Waals surface area contributed by atoms with Gasteiger partial charge in [0.05, 0.1) is 30.4 Å². The maximum absolute atomic E-state index is 15.2. The van der Waals surface area contributed by atoms with Crippen molar-refractivity contribution in [1.82, 2.24) is 0 Å². The van der Waals surface area contributed by atoms with Gasteiger partial charge in [-0.15, -0.1) is 0 Å². The first-order valence-electron chi connectivity index (χ1n) is 12.0. The maximum Gasteiger partial charge on any atom is 0.272 e. The minimum absolute atomic E-state index is 0.0853. The van der Waals surface area contributed by atoms with E-state index in [1.54, 1.807) is 60.7 Å². The Balaban J connectivity index is 2.19. The first-order valence-corrected chi connectivity index (χ1v) is 12.0. The average Bonchev–Trinajstić information content (AvgIpc) is 2.99. The topological polar surface area (TPSA) is 74.8 Å². The molecule has 0 heterocycles. The van der Waals surface area contributed by atoms with E-state index >= 15 is 8.78 Å². The van der Waals surface area contributed by atoms with Crippen LogP contribution in [-0.4, -0.2) is 0 Å². The number of nitriles is 2. The zero-order valence-electron chi connectivity index (χ0n) is 21.9. The predicted molar refractivity (Wildman–Crippen MR) is 144 cm³/mol. The lowest BCUT2D eigenvalue weighted by Crippen LogP contribution is -2.20. The van der Waals surface area contributed by atoms with Gasteiger partial charge in [0.25, 0.3) is 11.4 Å². The number of halogens is 4. The van der Waals surface area contributed by atoms with Crippen molar-refractivity contribution in [1.29, 1.82) is 10.5 Å². The minimum atomic E-state index is -1.98. The van der Waals surface area contributed by atoms with Crippen molar-refractivity contribution >= 4 is 17.0 Å². The van der Waals surface area contributed by atoms with Crippen LogP contribution in [0.2, 0.25) is 0 Å². The number of nitrogens with zero attached hydrogens (tertiary/aromatic N) is 4. The molecule has 0 bridgehead atoms. The van der Waals surface area contributed by atoms with Crippen LogP contribution in [0.1, 0.15) is 16.7 Å². The Morgan fingerprint density at radius 2 is 1.14 bits per heavy atom. The number of ether oxygens (including phenoxy) is 2. The molecule has 0 aromatic heterocycles. The second-order valence-corrected chi connectivity index (χ2v) is 8.83. The molecule has 0 aliphatic heterocycles. The molecule has 0 unspecified atom stereocenters. The molecule has 0 fully saturated rings. The van der Waals surface area contributed by atoms with Crippen molar-refractivity contribution in [2.24, 2.45) is 0 Å². The number of aryl methyl sites for hydroxylation is 2. The molecule has 4 rings (SSSR count). The van der Waals surface area contributed by atoms with E-state index in [4.69, 9.17) is 22.6 Å². The van der Waals surface area contributed by atoms with Gasteiger partial charge in [0.1, 0.15) is 29.1 Å². The number of hydrogen-bond acceptors (Lipinski definition) is 4. The predicted octanol–water partition coefficient (Wildman–Crippen LogP) is 7.27. The highest BCUT2D eigenvalue weighted by Gasteiger charge is 2.29. The Morgan fingerprint density at radius 1 is 0.690 bits per heavy atom. The van der Waals surface area contributed by atoms with Crippen LogP contribution in [0, 0.1) is 72.9 Å². The molecule has 0 aliphatic rings. The summed E-state index contributed by atoms with van der Waals surface area (Å²) in [6, 6.07) is 18.7. The Kier molecular flexibility index (Phi) is 8.23. The van der Waals surface area contributed by atoms with Gasteiger partial charge in [-0.2, -0.15) is 5.26 Å². The largest absolute Gasteiger partial charge is 0.458 e. The van der Waals surface area contributed by atoms with Crippen LogP contribution in [0.3, 0.4) is 0 Å². The van der Waals surface area contributed by atoms with Crippen LogP contribution in [0.5, 0.6) is 23.0 Å². The van der Waals surface area contributed by atoms with Gasteiger partial charge in [-0.25, -0.2) is 32.5 Å². The van der Waals surface area contributed by atoms with Gasteiger partial charge in [-0.05, 0) is 50.2 Å². The van der Waals surface area contributed by atoms with Crippen molar-refractivity contribution in [2.45, 2.75) is 13.8 Å². The highest BCUT2D eigenvalue weighted by atomic mass is 19.2. The van der Waals surface area contributed by atoms with E-state index in [2.05, 4.69) is 9.69 Å². The van der Waals surface area contributed by atoms with Crippen molar-refractivity contribution in [3.05, 3.63) is 134 Å². The number of hydrogen-bond donors (Lipinski definition) is 0. The van der Waals surface area contributed by atoms with Gasteiger partial charge >= 0.3 is 0 Å². The molecule has 0 saturated heterocycles. The maximum atomic E-state index is 15.2.